The number of nitrogens with zero attached hydrogens (tertiary/aromatic N) is 6. The standard InChI is InChI=1S/C12H13BrN8/c13-9-10(15-6-3-14)18-12(21-8-2-5-17-21)19-11(9)20-7-1-4-16-20/h1-2,4-5,7-8H,3,6,14H2,(H,15,18,19). The summed E-state index contributed by atoms with van der Waals surface area (Å²) in [5, 5.41) is 11.5. The van der Waals surface area contributed by atoms with Gasteiger partial charge in [-0.1, -0.05) is 0 Å². The predicted octanol–water partition coefficient (Wildman–Crippen LogP) is 0.981. The van der Waals surface area contributed by atoms with Gasteiger partial charge in [-0.2, -0.15) is 20.2 Å². The number of aromatic nitrogens is 6. The minimum atomic E-state index is 0.452. The molecule has 8 nitrogen and oxygen atoms in total. The topological polar surface area (TPSA) is 99.5 Å². The maximum Gasteiger partial charge on any atom is 0.254 e. The van der Waals surface area contributed by atoms with Crippen molar-refractivity contribution in [2.75, 3.05) is 18.4 Å². The Morgan fingerprint density at radius 2 is 1.81 bits per heavy atom. The molecule has 0 aromatic carbocycles. The van der Waals surface area contributed by atoms with Crippen molar-refractivity contribution in [3.63, 3.8) is 0 Å². The van der Waals surface area contributed by atoms with E-state index in [-0.39, 0.29) is 0 Å². The first kappa shape index (κ1) is 13.7. The fraction of sp³-hybridized carbons (Fsp3) is 0.167. The van der Waals surface area contributed by atoms with Crippen LogP contribution in [0.25, 0.3) is 11.8 Å². The lowest BCUT2D eigenvalue weighted by molar-refractivity contribution is 0.770. The van der Waals surface area contributed by atoms with E-state index < -0.39 is 0 Å². The van der Waals surface area contributed by atoms with Gasteiger partial charge in [-0.25, -0.2) is 9.36 Å². The molecule has 0 saturated carbocycles. The molecule has 0 saturated heterocycles. The molecule has 0 radical (unpaired) electrons. The Morgan fingerprint density at radius 3 is 2.43 bits per heavy atom. The lowest BCUT2D eigenvalue weighted by Crippen LogP contribution is -2.17. The Kier molecular flexibility index (Phi) is 3.93. The van der Waals surface area contributed by atoms with Crippen LogP contribution < -0.4 is 11.1 Å². The van der Waals surface area contributed by atoms with Gasteiger partial charge in [-0.15, -0.1) is 0 Å². The smallest absolute Gasteiger partial charge is 0.254 e. The number of nitrogens with two attached hydrogens (primary N) is 1. The second-order valence-electron chi connectivity index (χ2n) is 4.13. The number of hydrogen-bond acceptors (Lipinski definition) is 6. The molecule has 3 aromatic heterocycles. The molecule has 3 N–H and O–H groups in total. The molecule has 3 heterocycles. The van der Waals surface area contributed by atoms with Gasteiger partial charge in [0, 0.05) is 37.9 Å². The van der Waals surface area contributed by atoms with Gasteiger partial charge < -0.3 is 11.1 Å². The molecule has 0 fully saturated rings. The van der Waals surface area contributed by atoms with Crippen LogP contribution in [0.2, 0.25) is 0 Å². The van der Waals surface area contributed by atoms with Gasteiger partial charge in [-0.05, 0) is 28.1 Å². The average molecular weight is 349 g/mol. The molecule has 0 bridgehead atoms. The molecule has 0 atom stereocenters. The van der Waals surface area contributed by atoms with E-state index in [1.807, 2.05) is 18.3 Å². The highest BCUT2D eigenvalue weighted by atomic mass is 79.9. The van der Waals surface area contributed by atoms with Crippen molar-refractivity contribution in [1.82, 2.24) is 29.5 Å². The summed E-state index contributed by atoms with van der Waals surface area (Å²) in [6.07, 6.45) is 6.95. The van der Waals surface area contributed by atoms with E-state index in [1.54, 1.807) is 28.0 Å². The molecule has 0 amide bonds. The Bertz CT molecular complexity index is 707. The van der Waals surface area contributed by atoms with Gasteiger partial charge in [0.05, 0.1) is 0 Å². The zero-order valence-electron chi connectivity index (χ0n) is 11.0. The van der Waals surface area contributed by atoms with Crippen molar-refractivity contribution in [3.8, 4) is 11.8 Å². The van der Waals surface area contributed by atoms with Crippen LogP contribution in [-0.4, -0.2) is 42.6 Å². The van der Waals surface area contributed by atoms with Crippen LogP contribution in [0.3, 0.4) is 0 Å². The van der Waals surface area contributed by atoms with Crippen LogP contribution in [0.15, 0.2) is 41.4 Å². The summed E-state index contributed by atoms with van der Waals surface area (Å²) < 4.78 is 3.97. The van der Waals surface area contributed by atoms with Crippen LogP contribution in [-0.2, 0) is 0 Å². The molecular formula is C12H13BrN8. The maximum absolute atomic E-state index is 5.54. The minimum absolute atomic E-state index is 0.452. The number of nitrogens with one attached hydrogen (secondary N) is 1. The highest BCUT2D eigenvalue weighted by Gasteiger charge is 2.15. The fourth-order valence-electron chi connectivity index (χ4n) is 1.77. The fourth-order valence-corrected chi connectivity index (χ4v) is 2.27. The highest BCUT2D eigenvalue weighted by molar-refractivity contribution is 9.10. The monoisotopic (exact) mass is 348 g/mol. The van der Waals surface area contributed by atoms with E-state index >= 15 is 0 Å². The van der Waals surface area contributed by atoms with Crippen molar-refractivity contribution in [2.24, 2.45) is 5.73 Å². The second kappa shape index (κ2) is 6.02. The molecule has 0 aliphatic rings. The minimum Gasteiger partial charge on any atom is -0.368 e. The quantitative estimate of drug-likeness (QED) is 0.712. The zero-order chi connectivity index (χ0) is 14.7. The summed E-state index contributed by atoms with van der Waals surface area (Å²) in [5.74, 6) is 1.72. The molecule has 108 valence electrons. The van der Waals surface area contributed by atoms with E-state index in [9.17, 15) is 0 Å². The predicted molar refractivity (Wildman–Crippen MR) is 81.5 cm³/mol. The third-order valence-corrected chi connectivity index (χ3v) is 3.42. The van der Waals surface area contributed by atoms with Crippen LogP contribution in [0.5, 0.6) is 0 Å². The Balaban J connectivity index is 2.12. The first-order valence-corrected chi connectivity index (χ1v) is 7.10. The molecule has 9 heteroatoms. The summed E-state index contributed by atoms with van der Waals surface area (Å²) in [6.45, 7) is 1.11. The van der Waals surface area contributed by atoms with Crippen LogP contribution in [0.1, 0.15) is 0 Å². The summed E-state index contributed by atoms with van der Waals surface area (Å²) >= 11 is 3.51. The molecule has 0 unspecified atom stereocenters. The van der Waals surface area contributed by atoms with E-state index in [1.165, 1.54) is 0 Å². The maximum atomic E-state index is 5.54. The van der Waals surface area contributed by atoms with Crippen molar-refractivity contribution in [1.29, 1.82) is 0 Å². The molecule has 0 spiro atoms. The van der Waals surface area contributed by atoms with Gasteiger partial charge in [0.25, 0.3) is 5.95 Å². The summed E-state index contributed by atoms with van der Waals surface area (Å²) in [6, 6.07) is 3.64. The molecular weight excluding hydrogens is 336 g/mol. The molecule has 3 aromatic rings. The summed E-state index contributed by atoms with van der Waals surface area (Å²) in [7, 11) is 0. The average Bonchev–Trinajstić information content (AvgIpc) is 3.19. The summed E-state index contributed by atoms with van der Waals surface area (Å²) in [4.78, 5) is 8.96. The zero-order valence-corrected chi connectivity index (χ0v) is 12.6. The van der Waals surface area contributed by atoms with Gasteiger partial charge in [0.1, 0.15) is 10.3 Å². The van der Waals surface area contributed by atoms with E-state index in [0.717, 1.165) is 4.47 Å². The highest BCUT2D eigenvalue weighted by Crippen LogP contribution is 2.26. The lowest BCUT2D eigenvalue weighted by Gasteiger charge is -2.12. The SMILES string of the molecule is NCCNc1nc(-n2cccn2)nc(-n2cccn2)c1Br. The van der Waals surface area contributed by atoms with E-state index in [2.05, 4.69) is 41.4 Å². The van der Waals surface area contributed by atoms with E-state index in [0.29, 0.717) is 30.7 Å². The molecule has 21 heavy (non-hydrogen) atoms. The summed E-state index contributed by atoms with van der Waals surface area (Å²) in [5.41, 5.74) is 5.54. The number of halogens is 1. The third kappa shape index (κ3) is 2.78. The van der Waals surface area contributed by atoms with Crippen molar-refractivity contribution < 1.29 is 0 Å². The first-order valence-electron chi connectivity index (χ1n) is 6.31. The second-order valence-corrected chi connectivity index (χ2v) is 4.92. The number of hydrogen-bond donors (Lipinski definition) is 2. The van der Waals surface area contributed by atoms with Crippen molar-refractivity contribution in [2.45, 2.75) is 0 Å². The molecule has 0 aliphatic heterocycles. The van der Waals surface area contributed by atoms with Crippen molar-refractivity contribution >= 4 is 21.7 Å². The van der Waals surface area contributed by atoms with Crippen LogP contribution >= 0.6 is 15.9 Å². The molecule has 0 aliphatic carbocycles. The normalized spacial score (nSPS) is 10.8. The Hall–Kier alpha value is -2.26. The van der Waals surface area contributed by atoms with Gasteiger partial charge >= 0.3 is 0 Å². The molecule has 3 rings (SSSR count). The number of anilines is 1. The van der Waals surface area contributed by atoms with E-state index in [4.69, 9.17) is 5.73 Å². The first-order chi connectivity index (χ1) is 10.3. The van der Waals surface area contributed by atoms with Gasteiger partial charge in [0.15, 0.2) is 5.82 Å². The lowest BCUT2D eigenvalue weighted by atomic mass is 10.5. The Morgan fingerprint density at radius 1 is 1.10 bits per heavy atom. The van der Waals surface area contributed by atoms with Crippen molar-refractivity contribution in [3.05, 3.63) is 41.4 Å². The number of rotatable bonds is 5. The van der Waals surface area contributed by atoms with Crippen LogP contribution in [0.4, 0.5) is 5.82 Å². The Labute approximate surface area is 129 Å². The van der Waals surface area contributed by atoms with Gasteiger partial charge in [0.2, 0.25) is 0 Å². The third-order valence-electron chi connectivity index (χ3n) is 2.69. The van der Waals surface area contributed by atoms with Crippen LogP contribution in [0, 0.1) is 0 Å². The largest absolute Gasteiger partial charge is 0.368 e. The van der Waals surface area contributed by atoms with Gasteiger partial charge in [-0.3, -0.25) is 0 Å².